The normalized spacial score (nSPS) is 17.3. The molecule has 1 aromatic heterocycles. The van der Waals surface area contributed by atoms with Crippen LogP contribution in [-0.4, -0.2) is 28.8 Å². The van der Waals surface area contributed by atoms with Crippen LogP contribution in [0.2, 0.25) is 0 Å². The Hall–Kier alpha value is -4.33. The number of amides is 2. The van der Waals surface area contributed by atoms with Crippen molar-refractivity contribution in [1.29, 1.82) is 0 Å². The first-order valence-electron chi connectivity index (χ1n) is 10.8. The zero-order valence-corrected chi connectivity index (χ0v) is 18.9. The van der Waals surface area contributed by atoms with E-state index in [2.05, 4.69) is 5.32 Å². The number of carbonyl (C=O) groups excluding carboxylic acids is 3. The van der Waals surface area contributed by atoms with Crippen LogP contribution in [0.15, 0.2) is 76.9 Å². The summed E-state index contributed by atoms with van der Waals surface area (Å²) < 4.78 is 11.2. The maximum atomic E-state index is 13.1. The van der Waals surface area contributed by atoms with Crippen LogP contribution in [0.4, 0.5) is 11.4 Å². The number of carbonyl (C=O) groups is 3. The third kappa shape index (κ3) is 4.43. The second-order valence-electron chi connectivity index (χ2n) is 8.11. The minimum atomic E-state index is -0.992. The summed E-state index contributed by atoms with van der Waals surface area (Å²) in [5.74, 6) is -1.33. The average Bonchev–Trinajstić information content (AvgIpc) is 3.40. The molecule has 174 valence electrons. The Morgan fingerprint density at radius 1 is 1.09 bits per heavy atom. The smallest absolute Gasteiger partial charge is 0.300 e. The number of furan rings is 1. The lowest BCUT2D eigenvalue weighted by atomic mass is 9.99. The molecule has 0 saturated carbocycles. The highest BCUT2D eigenvalue weighted by atomic mass is 16.5. The van der Waals surface area contributed by atoms with E-state index in [1.165, 1.54) is 18.1 Å². The Balaban J connectivity index is 1.81. The molecule has 1 fully saturated rings. The second kappa shape index (κ2) is 9.27. The van der Waals surface area contributed by atoms with Crippen molar-refractivity contribution in [2.45, 2.75) is 32.9 Å². The number of aliphatic hydroxyl groups is 1. The molecule has 1 aliphatic heterocycles. The highest BCUT2D eigenvalue weighted by molar-refractivity contribution is 6.51. The maximum Gasteiger partial charge on any atom is 0.300 e. The molecule has 4 rings (SSSR count). The van der Waals surface area contributed by atoms with Crippen molar-refractivity contribution in [2.24, 2.45) is 0 Å². The van der Waals surface area contributed by atoms with Gasteiger partial charge in [-0.1, -0.05) is 6.07 Å². The summed E-state index contributed by atoms with van der Waals surface area (Å²) in [6, 6.07) is 15.5. The van der Waals surface area contributed by atoms with E-state index >= 15 is 0 Å². The fraction of sp³-hybridized carbons (Fsp3) is 0.192. The lowest BCUT2D eigenvalue weighted by Crippen LogP contribution is -2.29. The van der Waals surface area contributed by atoms with Gasteiger partial charge in [-0.25, -0.2) is 0 Å². The van der Waals surface area contributed by atoms with E-state index in [1.807, 2.05) is 13.8 Å². The Morgan fingerprint density at radius 3 is 2.44 bits per heavy atom. The van der Waals surface area contributed by atoms with Crippen molar-refractivity contribution in [3.05, 3.63) is 83.8 Å². The third-order valence-electron chi connectivity index (χ3n) is 5.20. The maximum absolute atomic E-state index is 13.1. The van der Waals surface area contributed by atoms with Crippen molar-refractivity contribution < 1.29 is 28.6 Å². The molecule has 0 radical (unpaired) electrons. The summed E-state index contributed by atoms with van der Waals surface area (Å²) >= 11 is 0. The van der Waals surface area contributed by atoms with Crippen LogP contribution < -0.4 is 15.0 Å². The lowest BCUT2D eigenvalue weighted by Gasteiger charge is -2.24. The van der Waals surface area contributed by atoms with Gasteiger partial charge in [0.05, 0.1) is 17.9 Å². The van der Waals surface area contributed by atoms with Crippen LogP contribution in [0.5, 0.6) is 5.75 Å². The molecule has 1 unspecified atom stereocenters. The average molecular weight is 460 g/mol. The Labute approximate surface area is 196 Å². The van der Waals surface area contributed by atoms with Gasteiger partial charge < -0.3 is 19.6 Å². The van der Waals surface area contributed by atoms with E-state index in [0.29, 0.717) is 28.4 Å². The molecule has 0 aliphatic carbocycles. The molecule has 1 aliphatic rings. The number of hydrogen-bond donors (Lipinski definition) is 2. The molecule has 0 spiro atoms. The number of nitrogens with one attached hydrogen (secondary N) is 1. The van der Waals surface area contributed by atoms with E-state index in [9.17, 15) is 19.5 Å². The first-order valence-corrected chi connectivity index (χ1v) is 10.8. The number of aliphatic hydroxyl groups excluding tert-OH is 1. The second-order valence-corrected chi connectivity index (χ2v) is 8.11. The van der Waals surface area contributed by atoms with Gasteiger partial charge in [0.1, 0.15) is 23.3 Å². The number of ketones is 1. The Morgan fingerprint density at radius 2 is 1.82 bits per heavy atom. The summed E-state index contributed by atoms with van der Waals surface area (Å²) in [5.41, 5.74) is 1.10. The van der Waals surface area contributed by atoms with Crippen LogP contribution in [0.1, 0.15) is 38.1 Å². The molecule has 2 N–H and O–H groups in total. The van der Waals surface area contributed by atoms with Crippen LogP contribution in [0.25, 0.3) is 5.76 Å². The monoisotopic (exact) mass is 460 g/mol. The van der Waals surface area contributed by atoms with Crippen molar-refractivity contribution >= 4 is 34.7 Å². The predicted octanol–water partition coefficient (Wildman–Crippen LogP) is 4.65. The van der Waals surface area contributed by atoms with Gasteiger partial charge in [0, 0.05) is 23.9 Å². The molecule has 0 bridgehead atoms. The lowest BCUT2D eigenvalue weighted by molar-refractivity contribution is -0.132. The fourth-order valence-corrected chi connectivity index (χ4v) is 3.87. The largest absolute Gasteiger partial charge is 0.507 e. The predicted molar refractivity (Wildman–Crippen MR) is 126 cm³/mol. The Bertz CT molecular complexity index is 1260. The zero-order valence-electron chi connectivity index (χ0n) is 18.9. The fourth-order valence-electron chi connectivity index (χ4n) is 3.87. The summed E-state index contributed by atoms with van der Waals surface area (Å²) in [6.45, 7) is 5.18. The number of anilines is 2. The summed E-state index contributed by atoms with van der Waals surface area (Å²) in [5, 5.41) is 13.8. The molecule has 2 aromatic carbocycles. The zero-order chi connectivity index (χ0) is 24.4. The van der Waals surface area contributed by atoms with Crippen LogP contribution in [0.3, 0.4) is 0 Å². The van der Waals surface area contributed by atoms with Gasteiger partial charge in [-0.15, -0.1) is 0 Å². The number of benzene rings is 2. The first kappa shape index (κ1) is 22.8. The third-order valence-corrected chi connectivity index (χ3v) is 5.20. The number of hydrogen-bond acceptors (Lipinski definition) is 6. The molecule has 2 amide bonds. The molecule has 2 heterocycles. The van der Waals surface area contributed by atoms with Gasteiger partial charge in [-0.3, -0.25) is 19.3 Å². The standard InChI is InChI=1S/C26H24N2O6/c1-15(2)34-20-11-9-17(10-12-20)24(30)22-23(21-8-5-13-33-21)28(26(32)25(22)31)19-7-4-6-18(14-19)27-16(3)29/h4-15,23,30H,1-3H3,(H,27,29)/b24-22-. The highest BCUT2D eigenvalue weighted by Crippen LogP contribution is 2.42. The molecule has 1 atom stereocenters. The SMILES string of the molecule is CC(=O)Nc1cccc(N2C(=O)C(=O)/C(=C(\O)c3ccc(OC(C)C)cc3)C2c2ccco2)c1. The van der Waals surface area contributed by atoms with E-state index in [0.717, 1.165) is 0 Å². The summed E-state index contributed by atoms with van der Waals surface area (Å²) in [7, 11) is 0. The van der Waals surface area contributed by atoms with E-state index in [4.69, 9.17) is 9.15 Å². The van der Waals surface area contributed by atoms with E-state index < -0.39 is 17.7 Å². The van der Waals surface area contributed by atoms with Gasteiger partial charge in [0.2, 0.25) is 5.91 Å². The number of rotatable bonds is 6. The summed E-state index contributed by atoms with van der Waals surface area (Å²) in [6.07, 6.45) is 1.42. The molecule has 34 heavy (non-hydrogen) atoms. The first-order chi connectivity index (χ1) is 16.3. The topological polar surface area (TPSA) is 109 Å². The van der Waals surface area contributed by atoms with Gasteiger partial charge in [0.25, 0.3) is 11.7 Å². The number of Topliss-reactive ketones (excluding diaryl/α,β-unsaturated/α-hetero) is 1. The minimum absolute atomic E-state index is 0.0167. The van der Waals surface area contributed by atoms with Crippen molar-refractivity contribution in [1.82, 2.24) is 0 Å². The molecular formula is C26H24N2O6. The van der Waals surface area contributed by atoms with Crippen LogP contribution >= 0.6 is 0 Å². The van der Waals surface area contributed by atoms with Crippen LogP contribution in [-0.2, 0) is 14.4 Å². The van der Waals surface area contributed by atoms with Gasteiger partial charge >= 0.3 is 0 Å². The summed E-state index contributed by atoms with van der Waals surface area (Å²) in [4.78, 5) is 39.0. The van der Waals surface area contributed by atoms with Gasteiger partial charge in [0.15, 0.2) is 0 Å². The van der Waals surface area contributed by atoms with E-state index in [-0.39, 0.29) is 23.3 Å². The quantitative estimate of drug-likeness (QED) is 0.315. The molecular weight excluding hydrogens is 436 g/mol. The molecule has 1 saturated heterocycles. The minimum Gasteiger partial charge on any atom is -0.507 e. The van der Waals surface area contributed by atoms with Gasteiger partial charge in [-0.05, 0) is 68.4 Å². The molecule has 8 nitrogen and oxygen atoms in total. The number of nitrogens with zero attached hydrogens (tertiary/aromatic N) is 1. The van der Waals surface area contributed by atoms with Crippen molar-refractivity contribution in [3.8, 4) is 5.75 Å². The van der Waals surface area contributed by atoms with Crippen molar-refractivity contribution in [3.63, 3.8) is 0 Å². The molecule has 8 heteroatoms. The van der Waals surface area contributed by atoms with Crippen molar-refractivity contribution in [2.75, 3.05) is 10.2 Å². The Kier molecular flexibility index (Phi) is 6.23. The van der Waals surface area contributed by atoms with Gasteiger partial charge in [-0.2, -0.15) is 0 Å². The number of ether oxygens (including phenoxy) is 1. The van der Waals surface area contributed by atoms with Crippen LogP contribution in [0, 0.1) is 0 Å². The van der Waals surface area contributed by atoms with E-state index in [1.54, 1.807) is 60.7 Å². The molecule has 3 aromatic rings. The highest BCUT2D eigenvalue weighted by Gasteiger charge is 2.48.